The van der Waals surface area contributed by atoms with Gasteiger partial charge in [0.1, 0.15) is 19.0 Å². The van der Waals surface area contributed by atoms with Crippen molar-refractivity contribution in [1.82, 2.24) is 0 Å². The summed E-state index contributed by atoms with van der Waals surface area (Å²) in [5.74, 6) is 0.630. The molecule has 0 unspecified atom stereocenters. The van der Waals surface area contributed by atoms with Crippen LogP contribution in [0, 0.1) is 20.2 Å². The number of alkyl halides is 1. The Kier molecular flexibility index (Phi) is 10.7. The molecule has 0 spiro atoms. The first kappa shape index (κ1) is 26.2. The zero-order valence-electron chi connectivity index (χ0n) is 18.7. The number of nitrogens with zero attached hydrogens (tertiary/aromatic N) is 3. The topological polar surface area (TPSA) is 117 Å². The molecule has 2 aromatic carbocycles. The van der Waals surface area contributed by atoms with Crippen LogP contribution in [0.5, 0.6) is 17.2 Å². The molecule has 0 saturated carbocycles. The van der Waals surface area contributed by atoms with Gasteiger partial charge >= 0.3 is 11.4 Å². The summed E-state index contributed by atoms with van der Waals surface area (Å²) in [4.78, 5) is 23.4. The molecule has 10 nitrogen and oxygen atoms in total. The summed E-state index contributed by atoms with van der Waals surface area (Å²) in [7, 11) is 3.56. The SMILES string of the molecule is CN(C)c1ccc(OCCOc2cc(OCCCCCCBr)ccc2[N+](=O)[O-])c([N+](=O)[O-])c1. The van der Waals surface area contributed by atoms with Crippen molar-refractivity contribution in [3.05, 3.63) is 56.6 Å². The normalized spacial score (nSPS) is 10.5. The predicted octanol–water partition coefficient (Wildman–Crippen LogP) is 5.36. The van der Waals surface area contributed by atoms with Gasteiger partial charge in [0.15, 0.2) is 5.75 Å². The van der Waals surface area contributed by atoms with Gasteiger partial charge in [-0.1, -0.05) is 28.8 Å². The molecule has 0 aromatic heterocycles. The van der Waals surface area contributed by atoms with E-state index in [1.165, 1.54) is 30.3 Å². The van der Waals surface area contributed by atoms with Crippen LogP contribution in [-0.2, 0) is 0 Å². The minimum atomic E-state index is -0.537. The minimum absolute atomic E-state index is 0.0298. The fraction of sp³-hybridized carbons (Fsp3) is 0.455. The molecule has 0 atom stereocenters. The number of hydrogen-bond donors (Lipinski definition) is 0. The summed E-state index contributed by atoms with van der Waals surface area (Å²) in [6.07, 6.45) is 4.15. The highest BCUT2D eigenvalue weighted by atomic mass is 79.9. The summed E-state index contributed by atoms with van der Waals surface area (Å²) in [6.45, 7) is 0.441. The van der Waals surface area contributed by atoms with Crippen LogP contribution in [0.15, 0.2) is 36.4 Å². The van der Waals surface area contributed by atoms with E-state index in [2.05, 4.69) is 15.9 Å². The van der Waals surface area contributed by atoms with Crippen LogP contribution in [0.25, 0.3) is 0 Å². The molecule has 180 valence electrons. The molecule has 33 heavy (non-hydrogen) atoms. The van der Waals surface area contributed by atoms with Crippen LogP contribution >= 0.6 is 15.9 Å². The monoisotopic (exact) mass is 525 g/mol. The summed E-state index contributed by atoms with van der Waals surface area (Å²) < 4.78 is 16.7. The lowest BCUT2D eigenvalue weighted by Gasteiger charge is -2.14. The lowest BCUT2D eigenvalue weighted by Crippen LogP contribution is -2.12. The standard InChI is InChI=1S/C22H28BrN3O7/c1-24(2)17-7-10-21(20(15-17)26(29)30)32-13-14-33-22-16-18(8-9-19(22)25(27)28)31-12-6-4-3-5-11-23/h7-10,15-16H,3-6,11-14H2,1-2H3. The van der Waals surface area contributed by atoms with E-state index in [0.717, 1.165) is 31.0 Å². The van der Waals surface area contributed by atoms with E-state index in [4.69, 9.17) is 14.2 Å². The van der Waals surface area contributed by atoms with E-state index in [9.17, 15) is 20.2 Å². The molecule has 2 aromatic rings. The average molecular weight is 526 g/mol. The zero-order valence-corrected chi connectivity index (χ0v) is 20.3. The van der Waals surface area contributed by atoms with Gasteiger partial charge in [0.25, 0.3) is 0 Å². The molecule has 0 saturated heterocycles. The molecule has 0 aliphatic rings. The molecule has 0 aliphatic heterocycles. The molecular formula is C22H28BrN3O7. The quantitative estimate of drug-likeness (QED) is 0.132. The highest BCUT2D eigenvalue weighted by Crippen LogP contribution is 2.33. The van der Waals surface area contributed by atoms with Crippen molar-refractivity contribution in [1.29, 1.82) is 0 Å². The third kappa shape index (κ3) is 8.41. The number of halogens is 1. The molecular weight excluding hydrogens is 498 g/mol. The smallest absolute Gasteiger partial charge is 0.312 e. The van der Waals surface area contributed by atoms with E-state index in [1.807, 2.05) is 0 Å². The van der Waals surface area contributed by atoms with E-state index < -0.39 is 9.85 Å². The molecule has 11 heteroatoms. The Morgan fingerprint density at radius 3 is 2.09 bits per heavy atom. The lowest BCUT2D eigenvalue weighted by molar-refractivity contribution is -0.386. The number of unbranched alkanes of at least 4 members (excludes halogenated alkanes) is 3. The molecule has 0 fully saturated rings. The van der Waals surface area contributed by atoms with Crippen molar-refractivity contribution in [3.63, 3.8) is 0 Å². The highest BCUT2D eigenvalue weighted by molar-refractivity contribution is 9.09. The zero-order chi connectivity index (χ0) is 24.2. The fourth-order valence-corrected chi connectivity index (χ4v) is 3.34. The number of anilines is 1. The Bertz CT molecular complexity index is 940. The maximum Gasteiger partial charge on any atom is 0.312 e. The number of benzene rings is 2. The van der Waals surface area contributed by atoms with Crippen LogP contribution in [0.2, 0.25) is 0 Å². The van der Waals surface area contributed by atoms with Crippen LogP contribution in [-0.4, -0.2) is 49.1 Å². The molecule has 2 rings (SSSR count). The second kappa shape index (κ2) is 13.5. The largest absolute Gasteiger partial charge is 0.493 e. The third-order valence-electron chi connectivity index (χ3n) is 4.68. The molecule has 0 N–H and O–H groups in total. The summed E-state index contributed by atoms with van der Waals surface area (Å²) in [5, 5.41) is 23.7. The molecule has 0 radical (unpaired) electrons. The van der Waals surface area contributed by atoms with Crippen molar-refractivity contribution in [2.24, 2.45) is 0 Å². The second-order valence-corrected chi connectivity index (χ2v) is 8.13. The first-order chi connectivity index (χ1) is 15.8. The van der Waals surface area contributed by atoms with Gasteiger partial charge < -0.3 is 19.1 Å². The Hall–Kier alpha value is -3.08. The maximum absolute atomic E-state index is 11.4. The Labute approximate surface area is 200 Å². The number of nitro benzene ring substituents is 2. The minimum Gasteiger partial charge on any atom is -0.493 e. The number of hydrogen-bond acceptors (Lipinski definition) is 8. The van der Waals surface area contributed by atoms with Gasteiger partial charge in [-0.25, -0.2) is 0 Å². The van der Waals surface area contributed by atoms with Crippen molar-refractivity contribution in [3.8, 4) is 17.2 Å². The first-order valence-electron chi connectivity index (χ1n) is 10.5. The van der Waals surface area contributed by atoms with E-state index in [0.29, 0.717) is 18.0 Å². The van der Waals surface area contributed by atoms with E-state index in [1.54, 1.807) is 25.1 Å². The fourth-order valence-electron chi connectivity index (χ4n) is 2.94. The second-order valence-electron chi connectivity index (χ2n) is 7.34. The van der Waals surface area contributed by atoms with Gasteiger partial charge in [0.05, 0.1) is 16.5 Å². The first-order valence-corrected chi connectivity index (χ1v) is 11.6. The Morgan fingerprint density at radius 2 is 1.45 bits per heavy atom. The Balaban J connectivity index is 1.95. The van der Waals surface area contributed by atoms with Crippen molar-refractivity contribution >= 4 is 33.0 Å². The van der Waals surface area contributed by atoms with Gasteiger partial charge in [0, 0.05) is 43.3 Å². The van der Waals surface area contributed by atoms with Crippen LogP contribution < -0.4 is 19.1 Å². The van der Waals surface area contributed by atoms with Gasteiger partial charge in [-0.05, 0) is 31.0 Å². The van der Waals surface area contributed by atoms with Gasteiger partial charge in [-0.2, -0.15) is 0 Å². The van der Waals surface area contributed by atoms with Crippen molar-refractivity contribution in [2.75, 3.05) is 44.1 Å². The molecule has 0 bridgehead atoms. The van der Waals surface area contributed by atoms with Gasteiger partial charge in [0.2, 0.25) is 5.75 Å². The maximum atomic E-state index is 11.4. The van der Waals surface area contributed by atoms with Crippen molar-refractivity contribution in [2.45, 2.75) is 25.7 Å². The molecule has 0 amide bonds. The predicted molar refractivity (Wildman–Crippen MR) is 129 cm³/mol. The van der Waals surface area contributed by atoms with Crippen molar-refractivity contribution < 1.29 is 24.1 Å². The van der Waals surface area contributed by atoms with Crippen LogP contribution in [0.4, 0.5) is 17.1 Å². The van der Waals surface area contributed by atoms with Gasteiger partial charge in [-0.3, -0.25) is 20.2 Å². The molecule has 0 heterocycles. The molecule has 0 aliphatic carbocycles. The number of ether oxygens (including phenoxy) is 3. The van der Waals surface area contributed by atoms with E-state index >= 15 is 0 Å². The highest BCUT2D eigenvalue weighted by Gasteiger charge is 2.18. The van der Waals surface area contributed by atoms with Gasteiger partial charge in [-0.15, -0.1) is 0 Å². The Morgan fingerprint density at radius 1 is 0.788 bits per heavy atom. The van der Waals surface area contributed by atoms with Crippen LogP contribution in [0.1, 0.15) is 25.7 Å². The van der Waals surface area contributed by atoms with Crippen LogP contribution in [0.3, 0.4) is 0 Å². The summed E-state index contributed by atoms with van der Waals surface area (Å²) in [6, 6.07) is 8.99. The third-order valence-corrected chi connectivity index (χ3v) is 5.24. The summed E-state index contributed by atoms with van der Waals surface area (Å²) in [5.41, 5.74) is 0.306. The van der Waals surface area contributed by atoms with E-state index in [-0.39, 0.29) is 36.1 Å². The number of nitro groups is 2. The summed E-state index contributed by atoms with van der Waals surface area (Å²) >= 11 is 3.40. The lowest BCUT2D eigenvalue weighted by atomic mass is 10.2. The number of rotatable bonds is 15. The average Bonchev–Trinajstić information content (AvgIpc) is 2.78.